The van der Waals surface area contributed by atoms with Crippen LogP contribution in [-0.2, 0) is 4.79 Å². The monoisotopic (exact) mass is 321 g/mol. The lowest BCUT2D eigenvalue weighted by atomic mass is 10.1. The fourth-order valence-corrected chi connectivity index (χ4v) is 2.44. The van der Waals surface area contributed by atoms with Gasteiger partial charge in [-0.2, -0.15) is 0 Å². The first kappa shape index (κ1) is 17.1. The Morgan fingerprint density at radius 3 is 2.83 bits per heavy atom. The Hall–Kier alpha value is -2.28. The first-order valence-electron chi connectivity index (χ1n) is 7.60. The van der Waals surface area contributed by atoms with Crippen molar-refractivity contribution in [2.24, 2.45) is 0 Å². The molecule has 0 saturated carbocycles. The molecule has 1 aliphatic heterocycles. The third kappa shape index (κ3) is 4.13. The van der Waals surface area contributed by atoms with Crippen LogP contribution in [0.1, 0.15) is 17.3 Å². The van der Waals surface area contributed by atoms with Crippen molar-refractivity contribution in [3.05, 3.63) is 23.8 Å². The SMILES string of the molecule is CNC(=O)COc1ccc(C(=O)N2CCNCC2C)cc1OC. The van der Waals surface area contributed by atoms with Gasteiger partial charge in [0.2, 0.25) is 0 Å². The van der Waals surface area contributed by atoms with Crippen LogP contribution in [0.3, 0.4) is 0 Å². The van der Waals surface area contributed by atoms with Gasteiger partial charge in [0.25, 0.3) is 11.8 Å². The Morgan fingerprint density at radius 2 is 2.17 bits per heavy atom. The molecule has 1 heterocycles. The van der Waals surface area contributed by atoms with Crippen molar-refractivity contribution in [3.63, 3.8) is 0 Å². The molecule has 0 aliphatic carbocycles. The molecule has 7 heteroatoms. The zero-order valence-corrected chi connectivity index (χ0v) is 13.7. The standard InChI is InChI=1S/C16H23N3O4/c1-11-9-18-6-7-19(11)16(21)12-4-5-13(14(8-12)22-3)23-10-15(20)17-2/h4-5,8,11,18H,6-7,9-10H2,1-3H3,(H,17,20). The van der Waals surface area contributed by atoms with E-state index in [1.807, 2.05) is 11.8 Å². The molecule has 0 aromatic heterocycles. The Balaban J connectivity index is 2.14. The van der Waals surface area contributed by atoms with E-state index in [0.717, 1.165) is 13.1 Å². The Bertz CT molecular complexity index is 576. The van der Waals surface area contributed by atoms with Gasteiger partial charge < -0.3 is 25.0 Å². The summed E-state index contributed by atoms with van der Waals surface area (Å²) in [4.78, 5) is 25.7. The molecule has 1 saturated heterocycles. The van der Waals surface area contributed by atoms with Crippen LogP contribution in [0.25, 0.3) is 0 Å². The largest absolute Gasteiger partial charge is 0.493 e. The van der Waals surface area contributed by atoms with Gasteiger partial charge in [0, 0.05) is 38.3 Å². The van der Waals surface area contributed by atoms with Crippen molar-refractivity contribution in [3.8, 4) is 11.5 Å². The molecule has 2 rings (SSSR count). The van der Waals surface area contributed by atoms with Crippen molar-refractivity contribution in [1.29, 1.82) is 0 Å². The third-order valence-electron chi connectivity index (χ3n) is 3.81. The minimum absolute atomic E-state index is 0.0323. The zero-order chi connectivity index (χ0) is 16.8. The van der Waals surface area contributed by atoms with E-state index in [1.165, 1.54) is 7.11 Å². The van der Waals surface area contributed by atoms with Crippen LogP contribution in [0.4, 0.5) is 0 Å². The minimum Gasteiger partial charge on any atom is -0.493 e. The number of nitrogens with one attached hydrogen (secondary N) is 2. The highest BCUT2D eigenvalue weighted by atomic mass is 16.5. The number of amides is 2. The van der Waals surface area contributed by atoms with Gasteiger partial charge in [-0.15, -0.1) is 0 Å². The van der Waals surface area contributed by atoms with Gasteiger partial charge in [-0.05, 0) is 25.1 Å². The van der Waals surface area contributed by atoms with E-state index >= 15 is 0 Å². The highest BCUT2D eigenvalue weighted by Gasteiger charge is 2.24. The summed E-state index contributed by atoms with van der Waals surface area (Å²) in [6.07, 6.45) is 0. The molecule has 0 bridgehead atoms. The number of piperazine rings is 1. The van der Waals surface area contributed by atoms with Crippen LogP contribution in [0.15, 0.2) is 18.2 Å². The maximum Gasteiger partial charge on any atom is 0.257 e. The maximum absolute atomic E-state index is 12.6. The summed E-state index contributed by atoms with van der Waals surface area (Å²) in [6.45, 7) is 4.17. The summed E-state index contributed by atoms with van der Waals surface area (Å²) in [5.41, 5.74) is 0.544. The van der Waals surface area contributed by atoms with Crippen LogP contribution < -0.4 is 20.1 Å². The molecule has 1 aliphatic rings. The van der Waals surface area contributed by atoms with E-state index in [9.17, 15) is 9.59 Å². The first-order chi connectivity index (χ1) is 11.1. The lowest BCUT2D eigenvalue weighted by Gasteiger charge is -2.34. The highest BCUT2D eigenvalue weighted by molar-refractivity contribution is 5.95. The lowest BCUT2D eigenvalue weighted by Crippen LogP contribution is -2.52. The van der Waals surface area contributed by atoms with E-state index < -0.39 is 0 Å². The van der Waals surface area contributed by atoms with Crippen molar-refractivity contribution in [2.75, 3.05) is 40.4 Å². The lowest BCUT2D eigenvalue weighted by molar-refractivity contribution is -0.122. The number of hydrogen-bond acceptors (Lipinski definition) is 5. The van der Waals surface area contributed by atoms with Crippen molar-refractivity contribution >= 4 is 11.8 Å². The van der Waals surface area contributed by atoms with E-state index in [1.54, 1.807) is 25.2 Å². The Labute approximate surface area is 135 Å². The number of carbonyl (C=O) groups excluding carboxylic acids is 2. The first-order valence-corrected chi connectivity index (χ1v) is 7.60. The topological polar surface area (TPSA) is 79.9 Å². The number of rotatable bonds is 5. The normalized spacial score (nSPS) is 17.5. The summed E-state index contributed by atoms with van der Waals surface area (Å²) >= 11 is 0. The molecule has 1 fully saturated rings. The average Bonchev–Trinajstić information content (AvgIpc) is 2.59. The van der Waals surface area contributed by atoms with E-state index in [4.69, 9.17) is 9.47 Å². The second-order valence-corrected chi connectivity index (χ2v) is 5.38. The molecule has 2 amide bonds. The van der Waals surface area contributed by atoms with Crippen LogP contribution in [0.5, 0.6) is 11.5 Å². The van der Waals surface area contributed by atoms with Gasteiger partial charge in [0.05, 0.1) is 7.11 Å². The number of benzene rings is 1. The van der Waals surface area contributed by atoms with Gasteiger partial charge in [0.1, 0.15) is 0 Å². The summed E-state index contributed by atoms with van der Waals surface area (Å²) < 4.78 is 10.7. The van der Waals surface area contributed by atoms with Crippen LogP contribution in [-0.4, -0.2) is 63.2 Å². The quantitative estimate of drug-likeness (QED) is 0.813. The molecule has 0 radical (unpaired) electrons. The fourth-order valence-electron chi connectivity index (χ4n) is 2.44. The van der Waals surface area contributed by atoms with Crippen LogP contribution >= 0.6 is 0 Å². The second-order valence-electron chi connectivity index (χ2n) is 5.38. The van der Waals surface area contributed by atoms with Gasteiger partial charge in [-0.25, -0.2) is 0 Å². The van der Waals surface area contributed by atoms with Gasteiger partial charge in [-0.3, -0.25) is 9.59 Å². The fraction of sp³-hybridized carbons (Fsp3) is 0.500. The summed E-state index contributed by atoms with van der Waals surface area (Å²) in [5.74, 6) is 0.598. The summed E-state index contributed by atoms with van der Waals surface area (Å²) in [5, 5.41) is 5.74. The Kier molecular flexibility index (Phi) is 5.81. The maximum atomic E-state index is 12.6. The predicted octanol–water partition coefficient (Wildman–Crippen LogP) is 0.254. The van der Waals surface area contributed by atoms with Gasteiger partial charge in [-0.1, -0.05) is 0 Å². The molecule has 0 spiro atoms. The van der Waals surface area contributed by atoms with Gasteiger partial charge >= 0.3 is 0 Å². The number of carbonyl (C=O) groups is 2. The highest BCUT2D eigenvalue weighted by Crippen LogP contribution is 2.28. The molecule has 1 atom stereocenters. The molecule has 1 unspecified atom stereocenters. The molecule has 1 aromatic carbocycles. The smallest absolute Gasteiger partial charge is 0.257 e. The van der Waals surface area contributed by atoms with Crippen molar-refractivity contribution < 1.29 is 19.1 Å². The number of methoxy groups -OCH3 is 1. The van der Waals surface area contributed by atoms with E-state index in [2.05, 4.69) is 10.6 Å². The summed E-state index contributed by atoms with van der Waals surface area (Å²) in [7, 11) is 3.04. The number of hydrogen-bond donors (Lipinski definition) is 2. The number of ether oxygens (including phenoxy) is 2. The molecule has 23 heavy (non-hydrogen) atoms. The van der Waals surface area contributed by atoms with Gasteiger partial charge in [0.15, 0.2) is 18.1 Å². The van der Waals surface area contributed by atoms with Crippen molar-refractivity contribution in [2.45, 2.75) is 13.0 Å². The molecular formula is C16H23N3O4. The average molecular weight is 321 g/mol. The third-order valence-corrected chi connectivity index (χ3v) is 3.81. The molecular weight excluding hydrogens is 298 g/mol. The molecule has 126 valence electrons. The van der Waals surface area contributed by atoms with Crippen LogP contribution in [0.2, 0.25) is 0 Å². The number of likely N-dealkylation sites (N-methyl/N-ethyl adjacent to an activating group) is 1. The number of nitrogens with zero attached hydrogens (tertiary/aromatic N) is 1. The van der Waals surface area contributed by atoms with E-state index in [-0.39, 0.29) is 24.5 Å². The van der Waals surface area contributed by atoms with Crippen molar-refractivity contribution in [1.82, 2.24) is 15.5 Å². The zero-order valence-electron chi connectivity index (χ0n) is 13.7. The second kappa shape index (κ2) is 7.82. The predicted molar refractivity (Wildman–Crippen MR) is 85.9 cm³/mol. The molecule has 2 N–H and O–H groups in total. The summed E-state index contributed by atoms with van der Waals surface area (Å²) in [6, 6.07) is 5.14. The van der Waals surface area contributed by atoms with E-state index in [0.29, 0.717) is 23.6 Å². The Morgan fingerprint density at radius 1 is 1.39 bits per heavy atom. The molecule has 7 nitrogen and oxygen atoms in total. The minimum atomic E-state index is -0.234. The van der Waals surface area contributed by atoms with Crippen LogP contribution in [0, 0.1) is 0 Å². The molecule has 1 aromatic rings.